The molecule has 0 bridgehead atoms. The molecule has 0 saturated heterocycles. The maximum atomic E-state index is 11.9. The van der Waals surface area contributed by atoms with Gasteiger partial charge in [0, 0.05) is 16.1 Å². The molecule has 5 heteroatoms. The molecule has 1 aromatic heterocycles. The van der Waals surface area contributed by atoms with Gasteiger partial charge in [0.25, 0.3) is 5.56 Å². The lowest BCUT2D eigenvalue weighted by atomic mass is 10.1. The van der Waals surface area contributed by atoms with E-state index < -0.39 is 0 Å². The molecule has 1 N–H and O–H groups in total. The van der Waals surface area contributed by atoms with Gasteiger partial charge in [0.2, 0.25) is 0 Å². The van der Waals surface area contributed by atoms with Crippen LogP contribution >= 0.6 is 15.9 Å². The minimum Gasteiger partial charge on any atom is -0.334 e. The van der Waals surface area contributed by atoms with Gasteiger partial charge in [-0.25, -0.2) is 4.68 Å². The van der Waals surface area contributed by atoms with Crippen LogP contribution in [0.5, 0.6) is 0 Å². The first-order chi connectivity index (χ1) is 10.1. The largest absolute Gasteiger partial charge is 0.334 e. The molecule has 0 amide bonds. The fourth-order valence-electron chi connectivity index (χ4n) is 2.28. The Morgan fingerprint density at radius 3 is 2.62 bits per heavy atom. The summed E-state index contributed by atoms with van der Waals surface area (Å²) in [5.74, 6) is 0. The van der Waals surface area contributed by atoms with Gasteiger partial charge in [-0.15, -0.1) is 0 Å². The normalized spacial score (nSPS) is 11.0. The predicted molar refractivity (Wildman–Crippen MR) is 88.5 cm³/mol. The molecule has 2 rings (SSSR count). The Kier molecular flexibility index (Phi) is 5.70. The number of quaternary nitrogens is 1. The summed E-state index contributed by atoms with van der Waals surface area (Å²) < 4.78 is 2.58. The number of nitrogens with zero attached hydrogens (tertiary/aromatic N) is 2. The molecule has 112 valence electrons. The summed E-state index contributed by atoms with van der Waals surface area (Å²) in [5, 5.41) is 4.49. The summed E-state index contributed by atoms with van der Waals surface area (Å²) in [5.41, 5.74) is 1.79. The number of aromatic nitrogens is 2. The molecule has 0 aliphatic carbocycles. The lowest BCUT2D eigenvalue weighted by molar-refractivity contribution is -0.897. The Hall–Kier alpha value is -1.46. The van der Waals surface area contributed by atoms with Crippen molar-refractivity contribution in [1.82, 2.24) is 9.78 Å². The molecule has 1 heterocycles. The number of rotatable bonds is 6. The third-order valence-corrected chi connectivity index (χ3v) is 4.16. The standard InChI is InChI=1S/C16H20BrN3O/c1-3-19(4-2)10-11-20-16(21)9-8-15(18-20)13-6-5-7-14(17)12-13/h5-9,12H,3-4,10-11H2,1-2H3/p+1. The molecule has 2 aromatic rings. The fourth-order valence-corrected chi connectivity index (χ4v) is 2.68. The van der Waals surface area contributed by atoms with E-state index in [1.54, 1.807) is 16.8 Å². The van der Waals surface area contributed by atoms with E-state index in [-0.39, 0.29) is 5.56 Å². The highest BCUT2D eigenvalue weighted by molar-refractivity contribution is 9.10. The topological polar surface area (TPSA) is 39.3 Å². The lowest BCUT2D eigenvalue weighted by Crippen LogP contribution is -3.11. The second-order valence-electron chi connectivity index (χ2n) is 5.00. The lowest BCUT2D eigenvalue weighted by Gasteiger charge is -2.15. The zero-order valence-corrected chi connectivity index (χ0v) is 14.1. The van der Waals surface area contributed by atoms with Crippen LogP contribution in [0.25, 0.3) is 11.3 Å². The van der Waals surface area contributed by atoms with Crippen molar-refractivity contribution in [3.05, 3.63) is 51.2 Å². The fraction of sp³-hybridized carbons (Fsp3) is 0.375. The second-order valence-corrected chi connectivity index (χ2v) is 5.91. The maximum absolute atomic E-state index is 11.9. The Morgan fingerprint density at radius 1 is 1.19 bits per heavy atom. The molecule has 0 saturated carbocycles. The molecular weight excluding hydrogens is 330 g/mol. The second kappa shape index (κ2) is 7.52. The average Bonchev–Trinajstić information content (AvgIpc) is 2.50. The van der Waals surface area contributed by atoms with Crippen LogP contribution in [-0.4, -0.2) is 29.4 Å². The first-order valence-corrected chi connectivity index (χ1v) is 8.11. The first kappa shape index (κ1) is 15.9. The van der Waals surface area contributed by atoms with Gasteiger partial charge >= 0.3 is 0 Å². The molecule has 0 fully saturated rings. The number of halogens is 1. The van der Waals surface area contributed by atoms with E-state index in [0.29, 0.717) is 6.54 Å². The highest BCUT2D eigenvalue weighted by Crippen LogP contribution is 2.19. The van der Waals surface area contributed by atoms with Crippen LogP contribution in [0.3, 0.4) is 0 Å². The molecular formula is C16H21BrN3O+. The molecule has 0 aliphatic heterocycles. The number of likely N-dealkylation sites (N-methyl/N-ethyl adjacent to an activating group) is 1. The minimum absolute atomic E-state index is 0.0414. The summed E-state index contributed by atoms with van der Waals surface area (Å²) in [6.45, 7) is 8.02. The molecule has 0 radical (unpaired) electrons. The number of benzene rings is 1. The van der Waals surface area contributed by atoms with Crippen molar-refractivity contribution >= 4 is 15.9 Å². The maximum Gasteiger partial charge on any atom is 0.266 e. The van der Waals surface area contributed by atoms with Gasteiger partial charge < -0.3 is 4.90 Å². The van der Waals surface area contributed by atoms with Gasteiger partial charge in [0.1, 0.15) is 0 Å². The Balaban J connectivity index is 2.23. The summed E-state index contributed by atoms with van der Waals surface area (Å²) in [4.78, 5) is 13.4. The van der Waals surface area contributed by atoms with Gasteiger partial charge in [0.15, 0.2) is 0 Å². The van der Waals surface area contributed by atoms with E-state index in [4.69, 9.17) is 0 Å². The molecule has 0 aliphatic rings. The summed E-state index contributed by atoms with van der Waals surface area (Å²) in [7, 11) is 0. The van der Waals surface area contributed by atoms with Crippen LogP contribution < -0.4 is 10.5 Å². The molecule has 4 nitrogen and oxygen atoms in total. The van der Waals surface area contributed by atoms with E-state index in [1.807, 2.05) is 24.3 Å². The molecule has 0 atom stereocenters. The quantitative estimate of drug-likeness (QED) is 0.859. The molecule has 21 heavy (non-hydrogen) atoms. The van der Waals surface area contributed by atoms with Gasteiger partial charge in [-0.3, -0.25) is 4.79 Å². The van der Waals surface area contributed by atoms with Gasteiger partial charge in [-0.1, -0.05) is 28.1 Å². The van der Waals surface area contributed by atoms with E-state index in [9.17, 15) is 4.79 Å². The number of hydrogen-bond donors (Lipinski definition) is 1. The average molecular weight is 351 g/mol. The van der Waals surface area contributed by atoms with Crippen LogP contribution in [-0.2, 0) is 6.54 Å². The Morgan fingerprint density at radius 2 is 1.95 bits per heavy atom. The third kappa shape index (κ3) is 4.25. The van der Waals surface area contributed by atoms with Crippen molar-refractivity contribution in [1.29, 1.82) is 0 Å². The van der Waals surface area contributed by atoms with Crippen molar-refractivity contribution in [2.75, 3.05) is 19.6 Å². The van der Waals surface area contributed by atoms with Crippen LogP contribution in [0.1, 0.15) is 13.8 Å². The third-order valence-electron chi connectivity index (χ3n) is 3.66. The predicted octanol–water partition coefficient (Wildman–Crippen LogP) is 1.60. The Bertz CT molecular complexity index is 650. The van der Waals surface area contributed by atoms with Crippen molar-refractivity contribution < 1.29 is 4.90 Å². The SMILES string of the molecule is CC[NH+](CC)CCn1nc(-c2cccc(Br)c2)ccc1=O. The summed E-state index contributed by atoms with van der Waals surface area (Å²) in [6, 6.07) is 11.3. The highest BCUT2D eigenvalue weighted by Gasteiger charge is 2.07. The van der Waals surface area contributed by atoms with Gasteiger partial charge in [0.05, 0.1) is 31.9 Å². The van der Waals surface area contributed by atoms with E-state index in [1.165, 1.54) is 4.90 Å². The van der Waals surface area contributed by atoms with Crippen LogP contribution in [0.2, 0.25) is 0 Å². The Labute approximate surface area is 133 Å². The number of hydrogen-bond acceptors (Lipinski definition) is 2. The molecule has 0 unspecified atom stereocenters. The first-order valence-electron chi connectivity index (χ1n) is 7.31. The van der Waals surface area contributed by atoms with Crippen molar-refractivity contribution in [2.24, 2.45) is 0 Å². The summed E-state index contributed by atoms with van der Waals surface area (Å²) in [6.07, 6.45) is 0. The summed E-state index contributed by atoms with van der Waals surface area (Å²) >= 11 is 3.46. The van der Waals surface area contributed by atoms with Crippen molar-refractivity contribution in [3.63, 3.8) is 0 Å². The number of nitrogens with one attached hydrogen (secondary N) is 1. The van der Waals surface area contributed by atoms with Gasteiger partial charge in [-0.05, 0) is 32.0 Å². The van der Waals surface area contributed by atoms with E-state index >= 15 is 0 Å². The molecule has 0 spiro atoms. The van der Waals surface area contributed by atoms with Crippen LogP contribution in [0.4, 0.5) is 0 Å². The zero-order valence-electron chi connectivity index (χ0n) is 12.5. The van der Waals surface area contributed by atoms with Gasteiger partial charge in [-0.2, -0.15) is 5.10 Å². The smallest absolute Gasteiger partial charge is 0.266 e. The van der Waals surface area contributed by atoms with Crippen LogP contribution in [0.15, 0.2) is 45.7 Å². The monoisotopic (exact) mass is 350 g/mol. The van der Waals surface area contributed by atoms with Crippen LogP contribution in [0, 0.1) is 0 Å². The van der Waals surface area contributed by atoms with Crippen molar-refractivity contribution in [2.45, 2.75) is 20.4 Å². The van der Waals surface area contributed by atoms with E-state index in [2.05, 4.69) is 34.9 Å². The zero-order chi connectivity index (χ0) is 15.2. The molecule has 1 aromatic carbocycles. The minimum atomic E-state index is -0.0414. The highest BCUT2D eigenvalue weighted by atomic mass is 79.9. The van der Waals surface area contributed by atoms with E-state index in [0.717, 1.165) is 35.4 Å². The van der Waals surface area contributed by atoms with Crippen molar-refractivity contribution in [3.8, 4) is 11.3 Å².